The highest BCUT2D eigenvalue weighted by Crippen LogP contribution is 2.31. The first-order chi connectivity index (χ1) is 11.2. The van der Waals surface area contributed by atoms with Crippen molar-refractivity contribution in [2.75, 3.05) is 27.0 Å². The fourth-order valence-electron chi connectivity index (χ4n) is 2.01. The highest BCUT2D eigenvalue weighted by molar-refractivity contribution is 7.99. The molecule has 1 N–H and O–H groups in total. The Morgan fingerprint density at radius 1 is 1.25 bits per heavy atom. The lowest BCUT2D eigenvalue weighted by molar-refractivity contribution is 0.354. The van der Waals surface area contributed by atoms with Gasteiger partial charge in [0.25, 0.3) is 0 Å². The van der Waals surface area contributed by atoms with Gasteiger partial charge in [-0.3, -0.25) is 0 Å². The van der Waals surface area contributed by atoms with Crippen molar-refractivity contribution in [2.45, 2.75) is 30.7 Å². The molecule has 1 aromatic heterocycles. The van der Waals surface area contributed by atoms with Gasteiger partial charge in [-0.15, -0.1) is 24.2 Å². The van der Waals surface area contributed by atoms with E-state index in [1.807, 2.05) is 25.2 Å². The van der Waals surface area contributed by atoms with E-state index in [0.29, 0.717) is 11.9 Å². The fraction of sp³-hybridized carbons (Fsp3) is 0.500. The number of thioether (sulfide) groups is 1. The fourth-order valence-corrected chi connectivity index (χ4v) is 2.88. The minimum atomic E-state index is 0. The van der Waals surface area contributed by atoms with Gasteiger partial charge < -0.3 is 19.3 Å². The summed E-state index contributed by atoms with van der Waals surface area (Å²) in [7, 11) is 5.19. The van der Waals surface area contributed by atoms with E-state index in [9.17, 15) is 0 Å². The summed E-state index contributed by atoms with van der Waals surface area (Å²) in [5, 5.41) is 7.17. The third-order valence-electron chi connectivity index (χ3n) is 3.43. The standard InChI is InChI=1S/C16H23N3O3S.ClH/c1-11(17-2)9-15-18-16(22-19-15)7-8-23-12-5-6-13(20-3)14(10-12)21-4;/h5-6,10-11,17H,7-9H2,1-4H3;1H. The number of methoxy groups -OCH3 is 2. The van der Waals surface area contributed by atoms with E-state index < -0.39 is 0 Å². The molecule has 1 atom stereocenters. The molecule has 0 saturated carbocycles. The zero-order chi connectivity index (χ0) is 16.7. The summed E-state index contributed by atoms with van der Waals surface area (Å²) in [5.74, 6) is 3.75. The average molecular weight is 374 g/mol. The average Bonchev–Trinajstić information content (AvgIpc) is 3.01. The molecule has 0 aliphatic carbocycles. The SMILES string of the molecule is CNC(C)Cc1noc(CCSc2ccc(OC)c(OC)c2)n1.Cl. The predicted molar refractivity (Wildman–Crippen MR) is 97.7 cm³/mol. The Kier molecular flexibility index (Phi) is 8.95. The zero-order valence-corrected chi connectivity index (χ0v) is 16.0. The summed E-state index contributed by atoms with van der Waals surface area (Å²) < 4.78 is 15.8. The van der Waals surface area contributed by atoms with Crippen LogP contribution in [-0.4, -0.2) is 43.2 Å². The number of halogens is 1. The largest absolute Gasteiger partial charge is 0.493 e. The van der Waals surface area contributed by atoms with E-state index in [-0.39, 0.29) is 12.4 Å². The van der Waals surface area contributed by atoms with E-state index in [1.165, 1.54) is 0 Å². The lowest BCUT2D eigenvalue weighted by Crippen LogP contribution is -2.24. The number of hydrogen-bond acceptors (Lipinski definition) is 7. The Morgan fingerprint density at radius 3 is 2.67 bits per heavy atom. The van der Waals surface area contributed by atoms with Crippen molar-refractivity contribution in [1.29, 1.82) is 0 Å². The molecule has 0 saturated heterocycles. The smallest absolute Gasteiger partial charge is 0.227 e. The van der Waals surface area contributed by atoms with Gasteiger partial charge in [-0.2, -0.15) is 4.98 Å². The Balaban J connectivity index is 0.00000288. The Morgan fingerprint density at radius 2 is 2.00 bits per heavy atom. The van der Waals surface area contributed by atoms with Crippen molar-refractivity contribution < 1.29 is 14.0 Å². The minimum absolute atomic E-state index is 0. The van der Waals surface area contributed by atoms with Gasteiger partial charge in [0.15, 0.2) is 17.3 Å². The summed E-state index contributed by atoms with van der Waals surface area (Å²) >= 11 is 1.72. The van der Waals surface area contributed by atoms with Gasteiger partial charge in [-0.1, -0.05) is 5.16 Å². The monoisotopic (exact) mass is 373 g/mol. The van der Waals surface area contributed by atoms with Gasteiger partial charge in [0.1, 0.15) is 0 Å². The molecule has 0 bridgehead atoms. The van der Waals surface area contributed by atoms with Gasteiger partial charge in [0, 0.05) is 29.5 Å². The number of likely N-dealkylation sites (N-methyl/N-ethyl adjacent to an activating group) is 1. The lowest BCUT2D eigenvalue weighted by Gasteiger charge is -2.08. The van der Waals surface area contributed by atoms with E-state index in [0.717, 1.165) is 40.8 Å². The van der Waals surface area contributed by atoms with Gasteiger partial charge in [0.2, 0.25) is 5.89 Å². The first kappa shape index (κ1) is 20.6. The maximum Gasteiger partial charge on any atom is 0.227 e. The summed E-state index contributed by atoms with van der Waals surface area (Å²) in [6.45, 7) is 2.09. The van der Waals surface area contributed by atoms with Crippen molar-refractivity contribution in [2.24, 2.45) is 0 Å². The molecule has 0 aliphatic rings. The van der Waals surface area contributed by atoms with Gasteiger partial charge in [-0.05, 0) is 32.2 Å². The van der Waals surface area contributed by atoms with Crippen LogP contribution in [-0.2, 0) is 12.8 Å². The van der Waals surface area contributed by atoms with Crippen LogP contribution in [0.2, 0.25) is 0 Å². The molecule has 0 fully saturated rings. The predicted octanol–water partition coefficient (Wildman–Crippen LogP) is 2.99. The molecular formula is C16H24ClN3O3S. The second kappa shape index (κ2) is 10.4. The number of nitrogens with one attached hydrogen (secondary N) is 1. The molecule has 0 spiro atoms. The van der Waals surface area contributed by atoms with Gasteiger partial charge >= 0.3 is 0 Å². The first-order valence-corrected chi connectivity index (χ1v) is 8.48. The Hall–Kier alpha value is -1.44. The number of nitrogens with zero attached hydrogens (tertiary/aromatic N) is 2. The van der Waals surface area contributed by atoms with Crippen molar-refractivity contribution >= 4 is 24.2 Å². The first-order valence-electron chi connectivity index (χ1n) is 7.49. The summed E-state index contributed by atoms with van der Waals surface area (Å²) in [6.07, 6.45) is 1.50. The van der Waals surface area contributed by atoms with E-state index in [2.05, 4.69) is 22.4 Å². The molecule has 1 heterocycles. The Bertz CT molecular complexity index is 624. The maximum absolute atomic E-state index is 5.31. The molecule has 2 aromatic rings. The highest BCUT2D eigenvalue weighted by Gasteiger charge is 2.10. The van der Waals surface area contributed by atoms with Crippen molar-refractivity contribution in [3.63, 3.8) is 0 Å². The van der Waals surface area contributed by atoms with Crippen molar-refractivity contribution in [3.05, 3.63) is 29.9 Å². The van der Waals surface area contributed by atoms with Crippen LogP contribution >= 0.6 is 24.2 Å². The molecular weight excluding hydrogens is 350 g/mol. The number of hydrogen-bond donors (Lipinski definition) is 1. The van der Waals surface area contributed by atoms with Gasteiger partial charge in [0.05, 0.1) is 14.2 Å². The van der Waals surface area contributed by atoms with Crippen molar-refractivity contribution in [1.82, 2.24) is 15.5 Å². The van der Waals surface area contributed by atoms with Crippen LogP contribution in [0.3, 0.4) is 0 Å². The number of aryl methyl sites for hydroxylation is 1. The van der Waals surface area contributed by atoms with E-state index >= 15 is 0 Å². The molecule has 0 amide bonds. The molecule has 2 rings (SSSR count). The summed E-state index contributed by atoms with van der Waals surface area (Å²) in [5.41, 5.74) is 0. The number of benzene rings is 1. The summed E-state index contributed by atoms with van der Waals surface area (Å²) in [6, 6.07) is 6.23. The van der Waals surface area contributed by atoms with Crippen LogP contribution in [0.5, 0.6) is 11.5 Å². The maximum atomic E-state index is 5.31. The second-order valence-corrected chi connectivity index (χ2v) is 6.28. The molecule has 24 heavy (non-hydrogen) atoms. The lowest BCUT2D eigenvalue weighted by atomic mass is 10.2. The molecule has 6 nitrogen and oxygen atoms in total. The molecule has 1 aromatic carbocycles. The van der Waals surface area contributed by atoms with Crippen molar-refractivity contribution in [3.8, 4) is 11.5 Å². The molecule has 0 aliphatic heterocycles. The normalized spacial score (nSPS) is 11.7. The number of ether oxygens (including phenoxy) is 2. The zero-order valence-electron chi connectivity index (χ0n) is 14.4. The van der Waals surface area contributed by atoms with Gasteiger partial charge in [-0.25, -0.2) is 0 Å². The number of aromatic nitrogens is 2. The topological polar surface area (TPSA) is 69.4 Å². The third kappa shape index (κ3) is 5.89. The minimum Gasteiger partial charge on any atom is -0.493 e. The quantitative estimate of drug-likeness (QED) is 0.677. The Labute approximate surface area is 153 Å². The highest BCUT2D eigenvalue weighted by atomic mass is 35.5. The van der Waals surface area contributed by atoms with E-state index in [4.69, 9.17) is 14.0 Å². The van der Waals surface area contributed by atoms with Crippen LogP contribution in [0.15, 0.2) is 27.6 Å². The molecule has 1 unspecified atom stereocenters. The molecule has 0 radical (unpaired) electrons. The molecule has 134 valence electrons. The number of rotatable bonds is 9. The van der Waals surface area contributed by atoms with E-state index in [1.54, 1.807) is 26.0 Å². The van der Waals surface area contributed by atoms with Crippen LogP contribution in [0.1, 0.15) is 18.6 Å². The molecule has 8 heteroatoms. The van der Waals surface area contributed by atoms with Crippen LogP contribution in [0.4, 0.5) is 0 Å². The van der Waals surface area contributed by atoms with Crippen LogP contribution in [0.25, 0.3) is 0 Å². The third-order valence-corrected chi connectivity index (χ3v) is 4.43. The second-order valence-electron chi connectivity index (χ2n) is 5.11. The van der Waals surface area contributed by atoms with Crippen LogP contribution in [0, 0.1) is 0 Å². The summed E-state index contributed by atoms with van der Waals surface area (Å²) in [4.78, 5) is 5.53. The van der Waals surface area contributed by atoms with Crippen LogP contribution < -0.4 is 14.8 Å².